The summed E-state index contributed by atoms with van der Waals surface area (Å²) in [7, 11) is 0. The highest BCUT2D eigenvalue weighted by Crippen LogP contribution is 2.15. The van der Waals surface area contributed by atoms with E-state index in [-0.39, 0.29) is 31.1 Å². The Balaban J connectivity index is 4.40. The molecule has 0 aromatic heterocycles. The van der Waals surface area contributed by atoms with E-state index in [0.29, 0.717) is 19.3 Å². The molecule has 0 aliphatic heterocycles. The number of hydrogen-bond donors (Lipinski definition) is 0. The highest BCUT2D eigenvalue weighted by Gasteiger charge is 2.19. The Hall–Kier alpha value is -3.93. The summed E-state index contributed by atoms with van der Waals surface area (Å²) in [6.45, 7) is 6.47. The smallest absolute Gasteiger partial charge is 0.306 e. The summed E-state index contributed by atoms with van der Waals surface area (Å²) < 4.78 is 16.8. The summed E-state index contributed by atoms with van der Waals surface area (Å²) in [5, 5.41) is 0. The molecule has 0 amide bonds. The van der Waals surface area contributed by atoms with E-state index in [1.165, 1.54) is 109 Å². The molecule has 1 atom stereocenters. The number of unbranched alkanes of at least 4 members (excludes halogenated alkanes) is 24. The van der Waals surface area contributed by atoms with Crippen molar-refractivity contribution in [3.63, 3.8) is 0 Å². The summed E-state index contributed by atoms with van der Waals surface area (Å²) >= 11 is 0. The van der Waals surface area contributed by atoms with Gasteiger partial charge in [0.1, 0.15) is 13.2 Å². The van der Waals surface area contributed by atoms with E-state index >= 15 is 0 Å². The highest BCUT2D eigenvalue weighted by atomic mass is 16.6. The molecule has 0 bridgehead atoms. The Labute approximate surface area is 444 Å². The molecule has 72 heavy (non-hydrogen) atoms. The molecule has 0 fully saturated rings. The number of esters is 3. The normalized spacial score (nSPS) is 12.9. The second-order valence-electron chi connectivity index (χ2n) is 19.5. The van der Waals surface area contributed by atoms with Gasteiger partial charge in [-0.2, -0.15) is 0 Å². The molecule has 0 aliphatic rings. The van der Waals surface area contributed by atoms with Gasteiger partial charge < -0.3 is 14.2 Å². The third kappa shape index (κ3) is 57.0. The van der Waals surface area contributed by atoms with Gasteiger partial charge in [-0.15, -0.1) is 0 Å². The molecule has 410 valence electrons. The van der Waals surface area contributed by atoms with Crippen LogP contribution in [0.5, 0.6) is 0 Å². The number of ether oxygens (including phenoxy) is 3. The third-order valence-corrected chi connectivity index (χ3v) is 12.5. The minimum absolute atomic E-state index is 0.0953. The largest absolute Gasteiger partial charge is 0.462 e. The predicted octanol–water partition coefficient (Wildman–Crippen LogP) is 20.3. The van der Waals surface area contributed by atoms with Gasteiger partial charge in [-0.1, -0.05) is 252 Å². The molecule has 0 saturated carbocycles. The van der Waals surface area contributed by atoms with Crippen molar-refractivity contribution in [2.45, 2.75) is 277 Å². The summed E-state index contributed by atoms with van der Waals surface area (Å²) in [5.41, 5.74) is 0. The molecule has 0 spiro atoms. The topological polar surface area (TPSA) is 78.9 Å². The Bertz CT molecular complexity index is 1470. The van der Waals surface area contributed by atoms with Gasteiger partial charge in [0, 0.05) is 19.3 Å². The van der Waals surface area contributed by atoms with Crippen LogP contribution >= 0.6 is 0 Å². The average Bonchev–Trinajstić information content (AvgIpc) is 3.38. The van der Waals surface area contributed by atoms with E-state index in [2.05, 4.69) is 130 Å². The zero-order valence-corrected chi connectivity index (χ0v) is 46.9. The van der Waals surface area contributed by atoms with Crippen molar-refractivity contribution in [2.75, 3.05) is 13.2 Å². The SMILES string of the molecule is CC/C=C\C/C=C\C/C=C\C/C=C\C/C=C\C/C=C\C/C=C\C/C=C\CCCCC(=O)OCC(COC(=O)CCCCCCC/C=C\CCCCC)OC(=O)CCCCCCCCCCCCCCCCC. The maximum absolute atomic E-state index is 12.8. The molecular formula is C66H110O6. The average molecular weight is 1000 g/mol. The van der Waals surface area contributed by atoms with Crippen LogP contribution < -0.4 is 0 Å². The quantitative estimate of drug-likeness (QED) is 0.0261. The molecule has 0 aliphatic carbocycles. The fraction of sp³-hybridized carbons (Fsp3) is 0.682. The zero-order valence-electron chi connectivity index (χ0n) is 46.9. The van der Waals surface area contributed by atoms with E-state index in [4.69, 9.17) is 14.2 Å². The van der Waals surface area contributed by atoms with Gasteiger partial charge in [-0.3, -0.25) is 14.4 Å². The monoisotopic (exact) mass is 999 g/mol. The molecule has 6 heteroatoms. The summed E-state index contributed by atoms with van der Waals surface area (Å²) in [6.07, 6.45) is 80.9. The van der Waals surface area contributed by atoms with Crippen LogP contribution in [0, 0.1) is 0 Å². The second-order valence-corrected chi connectivity index (χ2v) is 19.5. The van der Waals surface area contributed by atoms with Gasteiger partial charge in [-0.05, 0) is 109 Å². The Morgan fingerprint density at radius 2 is 0.542 bits per heavy atom. The van der Waals surface area contributed by atoms with Crippen molar-refractivity contribution < 1.29 is 28.6 Å². The lowest BCUT2D eigenvalue weighted by atomic mass is 10.0. The summed E-state index contributed by atoms with van der Waals surface area (Å²) in [5.74, 6) is -0.945. The van der Waals surface area contributed by atoms with Gasteiger partial charge in [0.05, 0.1) is 0 Å². The van der Waals surface area contributed by atoms with Gasteiger partial charge in [0.15, 0.2) is 6.10 Å². The van der Waals surface area contributed by atoms with Crippen molar-refractivity contribution in [2.24, 2.45) is 0 Å². The van der Waals surface area contributed by atoms with E-state index in [0.717, 1.165) is 122 Å². The fourth-order valence-electron chi connectivity index (χ4n) is 8.04. The molecule has 0 aromatic carbocycles. The molecule has 0 N–H and O–H groups in total. The van der Waals surface area contributed by atoms with Crippen LogP contribution in [-0.2, 0) is 28.6 Å². The molecule has 0 aromatic rings. The lowest BCUT2D eigenvalue weighted by Gasteiger charge is -2.18. The van der Waals surface area contributed by atoms with Gasteiger partial charge in [0.25, 0.3) is 0 Å². The lowest BCUT2D eigenvalue weighted by molar-refractivity contribution is -0.167. The first-order valence-electron chi connectivity index (χ1n) is 29.9. The molecule has 6 nitrogen and oxygen atoms in total. The van der Waals surface area contributed by atoms with E-state index in [1.807, 2.05) is 0 Å². The van der Waals surface area contributed by atoms with E-state index in [1.54, 1.807) is 0 Å². The maximum atomic E-state index is 12.8. The first kappa shape index (κ1) is 68.1. The minimum Gasteiger partial charge on any atom is -0.462 e. The maximum Gasteiger partial charge on any atom is 0.306 e. The fourth-order valence-corrected chi connectivity index (χ4v) is 8.04. The molecule has 0 heterocycles. The van der Waals surface area contributed by atoms with Crippen LogP contribution in [0.25, 0.3) is 0 Å². The molecule has 0 radical (unpaired) electrons. The first-order valence-corrected chi connectivity index (χ1v) is 29.9. The second kappa shape index (κ2) is 59.6. The van der Waals surface area contributed by atoms with Crippen molar-refractivity contribution in [1.29, 1.82) is 0 Å². The number of allylic oxidation sites excluding steroid dienone is 18. The van der Waals surface area contributed by atoms with Crippen molar-refractivity contribution >= 4 is 17.9 Å². The van der Waals surface area contributed by atoms with E-state index < -0.39 is 6.10 Å². The van der Waals surface area contributed by atoms with Gasteiger partial charge in [0.2, 0.25) is 0 Å². The number of hydrogen-bond acceptors (Lipinski definition) is 6. The van der Waals surface area contributed by atoms with Gasteiger partial charge in [-0.25, -0.2) is 0 Å². The number of carbonyl (C=O) groups is 3. The summed E-state index contributed by atoms with van der Waals surface area (Å²) in [4.78, 5) is 38.1. The highest BCUT2D eigenvalue weighted by molar-refractivity contribution is 5.71. The van der Waals surface area contributed by atoms with Crippen LogP contribution in [0.1, 0.15) is 271 Å². The molecular weight excluding hydrogens is 889 g/mol. The van der Waals surface area contributed by atoms with Crippen LogP contribution in [-0.4, -0.2) is 37.2 Å². The van der Waals surface area contributed by atoms with Crippen molar-refractivity contribution in [1.82, 2.24) is 0 Å². The van der Waals surface area contributed by atoms with Crippen molar-refractivity contribution in [3.8, 4) is 0 Å². The number of carbonyl (C=O) groups excluding carboxylic acids is 3. The van der Waals surface area contributed by atoms with Crippen molar-refractivity contribution in [3.05, 3.63) is 109 Å². The number of rotatable bonds is 53. The van der Waals surface area contributed by atoms with Crippen LogP contribution in [0.2, 0.25) is 0 Å². The summed E-state index contributed by atoms with van der Waals surface area (Å²) in [6, 6.07) is 0. The van der Waals surface area contributed by atoms with Crippen LogP contribution in [0.15, 0.2) is 109 Å². The lowest BCUT2D eigenvalue weighted by Crippen LogP contribution is -2.30. The molecule has 0 rings (SSSR count). The van der Waals surface area contributed by atoms with Crippen LogP contribution in [0.4, 0.5) is 0 Å². The third-order valence-electron chi connectivity index (χ3n) is 12.5. The van der Waals surface area contributed by atoms with E-state index in [9.17, 15) is 14.4 Å². The minimum atomic E-state index is -0.799. The van der Waals surface area contributed by atoms with Gasteiger partial charge >= 0.3 is 17.9 Å². The standard InChI is InChI=1S/C66H110O6/c1-4-7-10-13-16-19-22-25-27-28-29-30-31-32-33-34-35-36-37-38-40-41-44-47-50-53-56-59-65(68)71-62-63(61-70-64(67)58-55-52-49-46-43-24-21-18-15-12-9-6-3)72-66(69)60-57-54-51-48-45-42-39-26-23-20-17-14-11-8-5-2/h7,10,16,18-19,21,25,27,29-30,32-33,35-36,38,40,44,47,63H,4-6,8-9,11-15,17,20,22-24,26,28,31,34,37,39,41-43,45-46,48-62H2,1-3H3/b10-7-,19-16-,21-18-,27-25-,30-29-,33-32-,36-35-,40-38-,47-44-. The Kier molecular flexibility index (Phi) is 56.4. The van der Waals surface area contributed by atoms with Crippen LogP contribution in [0.3, 0.4) is 0 Å². The Morgan fingerprint density at radius 1 is 0.292 bits per heavy atom. The molecule has 0 saturated heterocycles. The predicted molar refractivity (Wildman–Crippen MR) is 311 cm³/mol. The first-order chi connectivity index (χ1) is 35.5. The molecule has 1 unspecified atom stereocenters. The zero-order chi connectivity index (χ0) is 52.2. The Morgan fingerprint density at radius 3 is 0.917 bits per heavy atom.